The molecule has 1 atom stereocenters. The largest absolute Gasteiger partial charge is 0.347 e. The van der Waals surface area contributed by atoms with Gasteiger partial charge < -0.3 is 15.2 Å². The lowest BCUT2D eigenvalue weighted by molar-refractivity contribution is -0.119. The highest BCUT2D eigenvalue weighted by atomic mass is 16.2. The Morgan fingerprint density at radius 2 is 1.74 bits per heavy atom. The van der Waals surface area contributed by atoms with Crippen molar-refractivity contribution < 1.29 is 9.59 Å². The lowest BCUT2D eigenvalue weighted by atomic mass is 10.1. The number of fused-ring (bicyclic) bond motifs is 1. The Morgan fingerprint density at radius 3 is 2.41 bits per heavy atom. The van der Waals surface area contributed by atoms with Crippen LogP contribution in [-0.2, 0) is 16.1 Å². The lowest BCUT2D eigenvalue weighted by Crippen LogP contribution is -2.28. The SMILES string of the molecule is CC(=O)NC(C)c1nc2ccccc2n1CC(=O)Nc1c(C)cccc1C. The number of aromatic nitrogens is 2. The van der Waals surface area contributed by atoms with Crippen LogP contribution in [0.2, 0.25) is 0 Å². The van der Waals surface area contributed by atoms with Gasteiger partial charge in [-0.25, -0.2) is 4.98 Å². The number of aryl methyl sites for hydroxylation is 2. The Morgan fingerprint density at radius 1 is 1.07 bits per heavy atom. The van der Waals surface area contributed by atoms with E-state index in [0.29, 0.717) is 5.82 Å². The Hall–Kier alpha value is -3.15. The second-order valence-corrected chi connectivity index (χ2v) is 6.78. The van der Waals surface area contributed by atoms with E-state index in [1.54, 1.807) is 0 Å². The van der Waals surface area contributed by atoms with Crippen molar-refractivity contribution in [1.29, 1.82) is 0 Å². The molecule has 0 aliphatic carbocycles. The molecule has 0 fully saturated rings. The molecule has 2 aromatic carbocycles. The third-order valence-electron chi connectivity index (χ3n) is 4.54. The number of rotatable bonds is 5. The molecule has 2 amide bonds. The fourth-order valence-electron chi connectivity index (χ4n) is 3.29. The van der Waals surface area contributed by atoms with Crippen LogP contribution in [-0.4, -0.2) is 21.4 Å². The number of nitrogens with zero attached hydrogens (tertiary/aromatic N) is 2. The van der Waals surface area contributed by atoms with Crippen molar-refractivity contribution >= 4 is 28.5 Å². The monoisotopic (exact) mass is 364 g/mol. The van der Waals surface area contributed by atoms with Crippen LogP contribution in [0.3, 0.4) is 0 Å². The Bertz CT molecular complexity index is 986. The maximum Gasteiger partial charge on any atom is 0.244 e. The molecular weight excluding hydrogens is 340 g/mol. The van der Waals surface area contributed by atoms with Crippen molar-refractivity contribution in [3.8, 4) is 0 Å². The van der Waals surface area contributed by atoms with Crippen LogP contribution >= 0.6 is 0 Å². The number of benzene rings is 2. The third-order valence-corrected chi connectivity index (χ3v) is 4.54. The van der Waals surface area contributed by atoms with Crippen molar-refractivity contribution in [1.82, 2.24) is 14.9 Å². The summed E-state index contributed by atoms with van der Waals surface area (Å²) in [5.74, 6) is 0.385. The summed E-state index contributed by atoms with van der Waals surface area (Å²) in [6.45, 7) is 7.40. The van der Waals surface area contributed by atoms with E-state index in [9.17, 15) is 9.59 Å². The minimum Gasteiger partial charge on any atom is -0.347 e. The molecule has 3 aromatic rings. The van der Waals surface area contributed by atoms with Gasteiger partial charge in [0.1, 0.15) is 12.4 Å². The van der Waals surface area contributed by atoms with Gasteiger partial charge >= 0.3 is 0 Å². The van der Waals surface area contributed by atoms with Gasteiger partial charge in [0.25, 0.3) is 0 Å². The second kappa shape index (κ2) is 7.61. The van der Waals surface area contributed by atoms with Gasteiger partial charge in [0.05, 0.1) is 17.1 Å². The van der Waals surface area contributed by atoms with Crippen LogP contribution < -0.4 is 10.6 Å². The molecule has 0 saturated carbocycles. The Balaban J connectivity index is 1.93. The van der Waals surface area contributed by atoms with E-state index in [-0.39, 0.29) is 24.4 Å². The molecule has 6 nitrogen and oxygen atoms in total. The number of amides is 2. The maximum atomic E-state index is 12.8. The number of nitrogens with one attached hydrogen (secondary N) is 2. The highest BCUT2D eigenvalue weighted by Crippen LogP contribution is 2.22. The molecule has 0 bridgehead atoms. The number of carbonyl (C=O) groups excluding carboxylic acids is 2. The smallest absolute Gasteiger partial charge is 0.244 e. The van der Waals surface area contributed by atoms with Gasteiger partial charge in [-0.3, -0.25) is 9.59 Å². The first-order valence-corrected chi connectivity index (χ1v) is 8.95. The average Bonchev–Trinajstić information content (AvgIpc) is 2.96. The minimum absolute atomic E-state index is 0.119. The molecule has 3 rings (SSSR count). The number of anilines is 1. The summed E-state index contributed by atoms with van der Waals surface area (Å²) in [6, 6.07) is 13.3. The van der Waals surface area contributed by atoms with E-state index in [2.05, 4.69) is 15.6 Å². The zero-order chi connectivity index (χ0) is 19.6. The summed E-state index contributed by atoms with van der Waals surface area (Å²) in [7, 11) is 0. The summed E-state index contributed by atoms with van der Waals surface area (Å²) in [5.41, 5.74) is 4.53. The molecule has 0 aliphatic heterocycles. The quantitative estimate of drug-likeness (QED) is 0.728. The van der Waals surface area contributed by atoms with Gasteiger partial charge in [0, 0.05) is 12.6 Å². The van der Waals surface area contributed by atoms with Crippen LogP contribution in [0.4, 0.5) is 5.69 Å². The molecule has 0 spiro atoms. The Kier molecular flexibility index (Phi) is 5.26. The predicted octanol–water partition coefficient (Wildman–Crippen LogP) is 3.49. The van der Waals surface area contributed by atoms with Crippen LogP contribution in [0.1, 0.15) is 36.8 Å². The van der Waals surface area contributed by atoms with Crippen LogP contribution in [0, 0.1) is 13.8 Å². The first kappa shape index (κ1) is 18.6. The molecule has 2 N–H and O–H groups in total. The standard InChI is InChI=1S/C21H24N4O2/c1-13-8-7-9-14(2)20(13)24-19(27)12-25-18-11-6-5-10-17(18)23-21(25)15(3)22-16(4)26/h5-11,15H,12H2,1-4H3,(H,22,26)(H,24,27). The predicted molar refractivity (Wildman–Crippen MR) is 107 cm³/mol. The van der Waals surface area contributed by atoms with Gasteiger partial charge in [-0.05, 0) is 44.0 Å². The average molecular weight is 364 g/mol. The zero-order valence-electron chi connectivity index (χ0n) is 16.0. The molecule has 0 saturated heterocycles. The first-order valence-electron chi connectivity index (χ1n) is 8.95. The van der Waals surface area contributed by atoms with Gasteiger partial charge in [-0.1, -0.05) is 30.3 Å². The number of hydrogen-bond acceptors (Lipinski definition) is 3. The van der Waals surface area contributed by atoms with Crippen LogP contribution in [0.15, 0.2) is 42.5 Å². The molecule has 0 aliphatic rings. The molecular formula is C21H24N4O2. The minimum atomic E-state index is -0.303. The third kappa shape index (κ3) is 4.00. The fraction of sp³-hybridized carbons (Fsp3) is 0.286. The van der Waals surface area contributed by atoms with Crippen molar-refractivity contribution in [2.24, 2.45) is 0 Å². The fourth-order valence-corrected chi connectivity index (χ4v) is 3.29. The first-order chi connectivity index (χ1) is 12.9. The molecule has 6 heteroatoms. The van der Waals surface area contributed by atoms with E-state index in [1.807, 2.05) is 67.8 Å². The van der Waals surface area contributed by atoms with E-state index >= 15 is 0 Å². The van der Waals surface area contributed by atoms with E-state index < -0.39 is 0 Å². The molecule has 1 aromatic heterocycles. The number of imidazole rings is 1. The number of para-hydroxylation sites is 3. The lowest BCUT2D eigenvalue weighted by Gasteiger charge is -2.16. The summed E-state index contributed by atoms with van der Waals surface area (Å²) in [6.07, 6.45) is 0. The summed E-state index contributed by atoms with van der Waals surface area (Å²) in [5, 5.41) is 5.86. The van der Waals surface area contributed by atoms with Crippen molar-refractivity contribution in [3.63, 3.8) is 0 Å². The highest BCUT2D eigenvalue weighted by Gasteiger charge is 2.19. The second-order valence-electron chi connectivity index (χ2n) is 6.78. The maximum absolute atomic E-state index is 12.8. The van der Waals surface area contributed by atoms with Crippen LogP contribution in [0.25, 0.3) is 11.0 Å². The van der Waals surface area contributed by atoms with Gasteiger partial charge in [-0.2, -0.15) is 0 Å². The van der Waals surface area contributed by atoms with Gasteiger partial charge in [0.15, 0.2) is 0 Å². The summed E-state index contributed by atoms with van der Waals surface area (Å²) < 4.78 is 1.86. The number of carbonyl (C=O) groups is 2. The highest BCUT2D eigenvalue weighted by molar-refractivity contribution is 5.93. The zero-order valence-corrected chi connectivity index (χ0v) is 16.0. The molecule has 1 unspecified atom stereocenters. The normalized spacial score (nSPS) is 12.0. The van der Waals surface area contributed by atoms with Crippen molar-refractivity contribution in [2.75, 3.05) is 5.32 Å². The Labute approximate surface area is 158 Å². The van der Waals surface area contributed by atoms with Gasteiger partial charge in [-0.15, -0.1) is 0 Å². The summed E-state index contributed by atoms with van der Waals surface area (Å²) >= 11 is 0. The van der Waals surface area contributed by atoms with E-state index in [0.717, 1.165) is 27.8 Å². The van der Waals surface area contributed by atoms with Crippen LogP contribution in [0.5, 0.6) is 0 Å². The van der Waals surface area contributed by atoms with Crippen molar-refractivity contribution in [3.05, 3.63) is 59.4 Å². The molecule has 27 heavy (non-hydrogen) atoms. The molecule has 0 radical (unpaired) electrons. The molecule has 140 valence electrons. The number of hydrogen-bond donors (Lipinski definition) is 2. The summed E-state index contributed by atoms with van der Waals surface area (Å²) in [4.78, 5) is 28.9. The topological polar surface area (TPSA) is 76.0 Å². The van der Waals surface area contributed by atoms with Crippen molar-refractivity contribution in [2.45, 2.75) is 40.3 Å². The van der Waals surface area contributed by atoms with E-state index in [1.165, 1.54) is 6.92 Å². The van der Waals surface area contributed by atoms with E-state index in [4.69, 9.17) is 0 Å². The molecule has 1 heterocycles. The van der Waals surface area contributed by atoms with Gasteiger partial charge in [0.2, 0.25) is 11.8 Å².